The van der Waals surface area contributed by atoms with Crippen LogP contribution in [0.15, 0.2) is 30.3 Å². The number of aromatic carboxylic acids is 1. The van der Waals surface area contributed by atoms with Crippen LogP contribution in [0.3, 0.4) is 0 Å². The smallest absolute Gasteiger partial charge is 0.348 e. The minimum absolute atomic E-state index is 0.0724. The summed E-state index contributed by atoms with van der Waals surface area (Å²) in [6.45, 7) is 9.61. The number of anilines is 1. The Kier molecular flexibility index (Phi) is 7.24. The van der Waals surface area contributed by atoms with Gasteiger partial charge in [-0.25, -0.2) is 4.79 Å². The Balaban J connectivity index is 2.69. The summed E-state index contributed by atoms with van der Waals surface area (Å²) in [5.41, 5.74) is 0.104. The van der Waals surface area contributed by atoms with Crippen LogP contribution in [0.4, 0.5) is 5.69 Å². The molecule has 2 aromatic rings. The summed E-state index contributed by atoms with van der Waals surface area (Å²) in [5, 5.41) is 10.7. The van der Waals surface area contributed by atoms with Crippen LogP contribution >= 0.6 is 30.5 Å². The first kappa shape index (κ1) is 23.5. The van der Waals surface area contributed by atoms with Gasteiger partial charge in [-0.05, 0) is 65.0 Å². The van der Waals surface area contributed by atoms with Crippen LogP contribution in [0.25, 0.3) is 0 Å². The first-order valence-electron chi connectivity index (χ1n) is 9.01. The Bertz CT molecular complexity index is 996. The van der Waals surface area contributed by atoms with E-state index in [1.165, 1.54) is 7.11 Å². The van der Waals surface area contributed by atoms with Gasteiger partial charge in [0.25, 0.3) is 0 Å². The predicted molar refractivity (Wildman–Crippen MR) is 121 cm³/mol. The van der Waals surface area contributed by atoms with Crippen LogP contribution in [0.1, 0.15) is 49.2 Å². The third kappa shape index (κ3) is 5.43. The maximum Gasteiger partial charge on any atom is 0.348 e. The Labute approximate surface area is 181 Å². The van der Waals surface area contributed by atoms with Gasteiger partial charge in [-0.3, -0.25) is 9.24 Å². The molecule has 1 unspecified atom stereocenters. The van der Waals surface area contributed by atoms with Crippen LogP contribution in [-0.2, 0) is 9.09 Å². The molecule has 1 atom stereocenters. The first-order chi connectivity index (χ1) is 13.4. The van der Waals surface area contributed by atoms with Crippen LogP contribution < -0.4 is 9.97 Å². The Hall–Kier alpha value is -1.77. The lowest BCUT2D eigenvalue weighted by Gasteiger charge is -2.35. The summed E-state index contributed by atoms with van der Waals surface area (Å²) in [6.07, 6.45) is 0. The summed E-state index contributed by atoms with van der Waals surface area (Å²) >= 11 is 7.04. The summed E-state index contributed by atoms with van der Waals surface area (Å²) in [6, 6.07) is 7.91. The van der Waals surface area contributed by atoms with E-state index in [9.17, 15) is 14.5 Å². The number of rotatable bonds is 6. The number of benzene rings is 1. The SMILES string of the molecule is COP(=O)(c1ccc(Cl)cc1)N(c1cc(C#CC(C)(C)C)sc1C(=O)O)C(C)C. The summed E-state index contributed by atoms with van der Waals surface area (Å²) in [5.74, 6) is 5.05. The van der Waals surface area contributed by atoms with Crippen molar-refractivity contribution in [3.8, 4) is 11.8 Å². The fourth-order valence-corrected chi connectivity index (χ4v) is 5.93. The number of hydrogen-bond donors (Lipinski definition) is 1. The first-order valence-corrected chi connectivity index (χ1v) is 11.8. The minimum atomic E-state index is -3.60. The molecule has 0 amide bonds. The van der Waals surface area contributed by atoms with E-state index in [2.05, 4.69) is 11.8 Å². The van der Waals surface area contributed by atoms with E-state index >= 15 is 0 Å². The van der Waals surface area contributed by atoms with E-state index in [0.717, 1.165) is 11.3 Å². The van der Waals surface area contributed by atoms with Gasteiger partial charge in [0.15, 0.2) is 0 Å². The highest BCUT2D eigenvalue weighted by Gasteiger charge is 2.38. The number of carboxylic acids is 1. The molecule has 8 heteroatoms. The summed E-state index contributed by atoms with van der Waals surface area (Å²) in [4.78, 5) is 12.6. The maximum absolute atomic E-state index is 14.0. The van der Waals surface area contributed by atoms with E-state index < -0.39 is 13.5 Å². The van der Waals surface area contributed by atoms with Gasteiger partial charge < -0.3 is 9.63 Å². The third-order valence-corrected chi connectivity index (χ3v) is 7.86. The van der Waals surface area contributed by atoms with Crippen molar-refractivity contribution in [2.45, 2.75) is 40.7 Å². The lowest BCUT2D eigenvalue weighted by molar-refractivity contribution is 0.0703. The van der Waals surface area contributed by atoms with Crippen molar-refractivity contribution >= 4 is 47.4 Å². The minimum Gasteiger partial charge on any atom is -0.477 e. The average Bonchev–Trinajstić information content (AvgIpc) is 3.03. The molecule has 0 fully saturated rings. The van der Waals surface area contributed by atoms with Gasteiger partial charge in [-0.15, -0.1) is 11.3 Å². The van der Waals surface area contributed by atoms with Crippen molar-refractivity contribution in [3.05, 3.63) is 45.1 Å². The van der Waals surface area contributed by atoms with Crippen LogP contribution in [0.2, 0.25) is 5.02 Å². The fourth-order valence-electron chi connectivity index (χ4n) is 2.69. The molecule has 0 spiro atoms. The van der Waals surface area contributed by atoms with Crippen molar-refractivity contribution in [1.29, 1.82) is 0 Å². The van der Waals surface area contributed by atoms with Crippen LogP contribution in [0.5, 0.6) is 0 Å². The lowest BCUT2D eigenvalue weighted by Crippen LogP contribution is -2.33. The van der Waals surface area contributed by atoms with Gasteiger partial charge in [0.2, 0.25) is 0 Å². The third-order valence-electron chi connectivity index (χ3n) is 3.89. The quantitative estimate of drug-likeness (QED) is 0.437. The Morgan fingerprint density at radius 3 is 2.31 bits per heavy atom. The second-order valence-corrected chi connectivity index (χ2v) is 11.6. The highest BCUT2D eigenvalue weighted by Crippen LogP contribution is 2.54. The van der Waals surface area contributed by atoms with Gasteiger partial charge in [0, 0.05) is 23.6 Å². The number of hydrogen-bond acceptors (Lipinski definition) is 4. The average molecular weight is 454 g/mol. The summed E-state index contributed by atoms with van der Waals surface area (Å²) in [7, 11) is -2.24. The number of carbonyl (C=O) groups is 1. The molecule has 1 heterocycles. The normalized spacial score (nSPS) is 13.5. The molecule has 1 aromatic carbocycles. The monoisotopic (exact) mass is 453 g/mol. The topological polar surface area (TPSA) is 66.8 Å². The molecule has 0 radical (unpaired) electrons. The highest BCUT2D eigenvalue weighted by molar-refractivity contribution is 7.68. The van der Waals surface area contributed by atoms with E-state index in [1.54, 1.807) is 35.0 Å². The molecule has 0 saturated carbocycles. The van der Waals surface area contributed by atoms with Gasteiger partial charge in [-0.2, -0.15) is 0 Å². The molecule has 1 aromatic heterocycles. The standard InChI is InChI=1S/C21H25ClNO4PS/c1-14(2)23(28(26,27-6)16-9-7-15(22)8-10-16)18-13-17(11-12-21(3,4)5)29-19(18)20(24)25/h7-10,13-14H,1-6H3,(H,24,25). The van der Waals surface area contributed by atoms with Crippen molar-refractivity contribution in [2.75, 3.05) is 11.8 Å². The zero-order valence-corrected chi connectivity index (χ0v) is 19.8. The molecule has 29 heavy (non-hydrogen) atoms. The van der Waals surface area contributed by atoms with E-state index in [0.29, 0.717) is 20.9 Å². The Morgan fingerprint density at radius 2 is 1.86 bits per heavy atom. The van der Waals surface area contributed by atoms with Crippen molar-refractivity contribution in [2.24, 2.45) is 5.41 Å². The number of halogens is 1. The van der Waals surface area contributed by atoms with Crippen molar-refractivity contribution in [1.82, 2.24) is 0 Å². The lowest BCUT2D eigenvalue weighted by atomic mass is 9.98. The maximum atomic E-state index is 14.0. The van der Waals surface area contributed by atoms with Crippen LogP contribution in [0, 0.1) is 17.3 Å². The molecule has 0 aliphatic rings. The van der Waals surface area contributed by atoms with E-state index in [4.69, 9.17) is 16.1 Å². The fraction of sp³-hybridized carbons (Fsp3) is 0.381. The van der Waals surface area contributed by atoms with Crippen LogP contribution in [-0.4, -0.2) is 24.2 Å². The second-order valence-electron chi connectivity index (χ2n) is 7.75. The molecule has 0 aliphatic heterocycles. The zero-order chi connectivity index (χ0) is 22.0. The van der Waals surface area contributed by atoms with E-state index in [1.807, 2.05) is 34.6 Å². The highest BCUT2D eigenvalue weighted by atomic mass is 35.5. The summed E-state index contributed by atoms with van der Waals surface area (Å²) < 4.78 is 21.0. The zero-order valence-electron chi connectivity index (χ0n) is 17.3. The largest absolute Gasteiger partial charge is 0.477 e. The molecular weight excluding hydrogens is 429 g/mol. The molecule has 1 N–H and O–H groups in total. The molecule has 156 valence electrons. The molecule has 0 bridgehead atoms. The molecule has 2 rings (SSSR count). The van der Waals surface area contributed by atoms with Gasteiger partial charge in [0.05, 0.1) is 15.9 Å². The predicted octanol–water partition coefficient (Wildman–Crippen LogP) is 5.88. The van der Waals surface area contributed by atoms with Crippen molar-refractivity contribution in [3.63, 3.8) is 0 Å². The van der Waals surface area contributed by atoms with Gasteiger partial charge in [0.1, 0.15) is 4.88 Å². The van der Waals surface area contributed by atoms with Gasteiger partial charge in [-0.1, -0.05) is 23.4 Å². The Morgan fingerprint density at radius 1 is 1.28 bits per heavy atom. The number of nitrogens with zero attached hydrogens (tertiary/aromatic N) is 1. The number of thiophene rings is 1. The molecule has 0 aliphatic carbocycles. The van der Waals surface area contributed by atoms with Gasteiger partial charge >= 0.3 is 13.5 Å². The molecule has 0 saturated heterocycles. The number of carboxylic acid groups (broad SMARTS) is 1. The molecular formula is C21H25ClNO4PS. The molecule has 5 nitrogen and oxygen atoms in total. The van der Waals surface area contributed by atoms with Crippen molar-refractivity contribution < 1.29 is 19.0 Å². The van der Waals surface area contributed by atoms with E-state index in [-0.39, 0.29) is 16.3 Å². The second kappa shape index (κ2) is 8.93.